The molecule has 2 N–H and O–H groups in total. The van der Waals surface area contributed by atoms with Gasteiger partial charge in [0.2, 0.25) is 0 Å². The second-order valence-electron chi connectivity index (χ2n) is 8.06. The molecule has 0 spiro atoms. The summed E-state index contributed by atoms with van der Waals surface area (Å²) in [6, 6.07) is 8.41. The zero-order valence-corrected chi connectivity index (χ0v) is 17.4. The highest BCUT2D eigenvalue weighted by atomic mass is 19.4. The predicted molar refractivity (Wildman–Crippen MR) is 116 cm³/mol. The Kier molecular flexibility index (Phi) is 4.93. The first-order chi connectivity index (χ1) is 15.3. The fourth-order valence-corrected chi connectivity index (χ4v) is 4.00. The van der Waals surface area contributed by atoms with Gasteiger partial charge in [-0.15, -0.1) is 0 Å². The van der Waals surface area contributed by atoms with Gasteiger partial charge < -0.3 is 19.9 Å². The molecule has 0 aliphatic carbocycles. The lowest BCUT2D eigenvalue weighted by atomic mass is 9.94. The largest absolute Gasteiger partial charge is 0.418 e. The van der Waals surface area contributed by atoms with Crippen LogP contribution in [0.15, 0.2) is 54.9 Å². The average Bonchev–Trinajstić information content (AvgIpc) is 3.24. The molecule has 5 rings (SSSR count). The SMILES string of the molecule is CC1(c2nc3ccc(N4CCOCC4)cc3[nH]2)C=CC(c2ncccc2C(F)(F)F)=CN1. The van der Waals surface area contributed by atoms with Gasteiger partial charge >= 0.3 is 6.18 Å². The molecule has 2 aromatic heterocycles. The lowest BCUT2D eigenvalue weighted by molar-refractivity contribution is -0.138. The van der Waals surface area contributed by atoms with Gasteiger partial charge in [0, 0.05) is 36.7 Å². The summed E-state index contributed by atoms with van der Waals surface area (Å²) < 4.78 is 45.5. The van der Waals surface area contributed by atoms with E-state index in [0.29, 0.717) is 24.6 Å². The maximum absolute atomic E-state index is 13.4. The molecule has 6 nitrogen and oxygen atoms in total. The third kappa shape index (κ3) is 3.73. The molecule has 166 valence electrons. The highest BCUT2D eigenvalue weighted by Crippen LogP contribution is 2.36. The molecule has 1 aromatic carbocycles. The number of pyridine rings is 1. The van der Waals surface area contributed by atoms with E-state index in [1.807, 2.05) is 19.1 Å². The van der Waals surface area contributed by atoms with Crippen molar-refractivity contribution in [1.82, 2.24) is 20.3 Å². The summed E-state index contributed by atoms with van der Waals surface area (Å²) in [5.74, 6) is 0.676. The van der Waals surface area contributed by atoms with Gasteiger partial charge in [-0.2, -0.15) is 13.2 Å². The standard InChI is InChI=1S/C23H22F3N5O/c1-22(7-6-15(14-28-22)20-17(23(24,25)26)3-2-8-27-20)21-29-18-5-4-16(13-19(18)30-21)31-9-11-32-12-10-31/h2-8,13-14,28H,9-12H2,1H3,(H,29,30). The molecule has 2 aliphatic rings. The van der Waals surface area contributed by atoms with Crippen LogP contribution in [0.25, 0.3) is 16.6 Å². The molecular formula is C23H22F3N5O. The van der Waals surface area contributed by atoms with Crippen LogP contribution in [0.5, 0.6) is 0 Å². The minimum absolute atomic E-state index is 0.106. The monoisotopic (exact) mass is 441 g/mol. The topological polar surface area (TPSA) is 66.1 Å². The number of alkyl halides is 3. The number of ether oxygens (including phenoxy) is 1. The quantitative estimate of drug-likeness (QED) is 0.637. The number of aromatic amines is 1. The zero-order chi connectivity index (χ0) is 22.3. The number of aromatic nitrogens is 3. The summed E-state index contributed by atoms with van der Waals surface area (Å²) in [7, 11) is 0. The van der Waals surface area contributed by atoms with Crippen molar-refractivity contribution in [2.45, 2.75) is 18.6 Å². The van der Waals surface area contributed by atoms with Crippen molar-refractivity contribution >= 4 is 22.3 Å². The third-order valence-corrected chi connectivity index (χ3v) is 5.84. The number of nitrogens with one attached hydrogen (secondary N) is 2. The average molecular weight is 441 g/mol. The Labute approximate surface area is 182 Å². The maximum atomic E-state index is 13.4. The predicted octanol–water partition coefficient (Wildman–Crippen LogP) is 4.23. The van der Waals surface area contributed by atoms with Crippen molar-refractivity contribution in [1.29, 1.82) is 0 Å². The second-order valence-corrected chi connectivity index (χ2v) is 8.06. The normalized spacial score (nSPS) is 21.5. The van der Waals surface area contributed by atoms with E-state index >= 15 is 0 Å². The van der Waals surface area contributed by atoms with E-state index in [0.717, 1.165) is 35.9 Å². The van der Waals surface area contributed by atoms with E-state index in [-0.39, 0.29) is 5.69 Å². The van der Waals surface area contributed by atoms with Gasteiger partial charge in [-0.25, -0.2) is 4.98 Å². The van der Waals surface area contributed by atoms with Crippen LogP contribution in [-0.4, -0.2) is 41.3 Å². The van der Waals surface area contributed by atoms with Gasteiger partial charge in [0.25, 0.3) is 0 Å². The molecular weight excluding hydrogens is 419 g/mol. The van der Waals surface area contributed by atoms with Crippen LogP contribution in [0.4, 0.5) is 18.9 Å². The van der Waals surface area contributed by atoms with Crippen LogP contribution in [0.1, 0.15) is 24.0 Å². The molecule has 0 radical (unpaired) electrons. The lowest BCUT2D eigenvalue weighted by Crippen LogP contribution is -2.37. The molecule has 2 aliphatic heterocycles. The number of halogens is 3. The number of benzene rings is 1. The molecule has 1 fully saturated rings. The summed E-state index contributed by atoms with van der Waals surface area (Å²) >= 11 is 0. The first-order valence-electron chi connectivity index (χ1n) is 10.4. The van der Waals surface area contributed by atoms with Crippen LogP contribution in [0, 0.1) is 0 Å². The van der Waals surface area contributed by atoms with E-state index in [1.54, 1.807) is 18.4 Å². The Morgan fingerprint density at radius 1 is 1.16 bits per heavy atom. The Bertz CT molecular complexity index is 1210. The molecule has 4 heterocycles. The number of morpholine rings is 1. The minimum Gasteiger partial charge on any atom is -0.378 e. The number of fused-ring (bicyclic) bond motifs is 1. The summed E-state index contributed by atoms with van der Waals surface area (Å²) in [5.41, 5.74) is 1.62. The van der Waals surface area contributed by atoms with Crippen molar-refractivity contribution in [2.24, 2.45) is 0 Å². The van der Waals surface area contributed by atoms with Crippen molar-refractivity contribution < 1.29 is 17.9 Å². The second kappa shape index (κ2) is 7.67. The molecule has 9 heteroatoms. The van der Waals surface area contributed by atoms with Crippen LogP contribution in [0.2, 0.25) is 0 Å². The van der Waals surface area contributed by atoms with Crippen molar-refractivity contribution in [2.75, 3.05) is 31.2 Å². The van der Waals surface area contributed by atoms with Gasteiger partial charge in [-0.3, -0.25) is 4.98 Å². The first-order valence-corrected chi connectivity index (χ1v) is 10.4. The Balaban J connectivity index is 1.42. The van der Waals surface area contributed by atoms with Crippen LogP contribution in [0.3, 0.4) is 0 Å². The maximum Gasteiger partial charge on any atom is 0.418 e. The third-order valence-electron chi connectivity index (χ3n) is 5.84. The highest BCUT2D eigenvalue weighted by Gasteiger charge is 2.36. The lowest BCUT2D eigenvalue weighted by Gasteiger charge is -2.28. The van der Waals surface area contributed by atoms with E-state index in [9.17, 15) is 13.2 Å². The Hall–Kier alpha value is -3.33. The highest BCUT2D eigenvalue weighted by molar-refractivity contribution is 5.80. The molecule has 0 saturated carbocycles. The Morgan fingerprint density at radius 2 is 1.97 bits per heavy atom. The van der Waals surface area contributed by atoms with E-state index in [4.69, 9.17) is 9.72 Å². The van der Waals surface area contributed by atoms with Gasteiger partial charge in [-0.1, -0.05) is 12.2 Å². The van der Waals surface area contributed by atoms with Crippen LogP contribution < -0.4 is 10.2 Å². The van der Waals surface area contributed by atoms with Crippen molar-refractivity contribution in [3.8, 4) is 0 Å². The molecule has 0 amide bonds. The minimum atomic E-state index is -4.48. The number of dihydropyridines is 1. The summed E-state index contributed by atoms with van der Waals surface area (Å²) in [5, 5.41) is 3.20. The fraction of sp³-hybridized carbons (Fsp3) is 0.304. The fourth-order valence-electron chi connectivity index (χ4n) is 4.00. The summed E-state index contributed by atoms with van der Waals surface area (Å²) in [6.45, 7) is 5.02. The summed E-state index contributed by atoms with van der Waals surface area (Å²) in [4.78, 5) is 14.3. The number of imidazole rings is 1. The molecule has 0 bridgehead atoms. The van der Waals surface area contributed by atoms with Gasteiger partial charge in [0.05, 0.1) is 35.5 Å². The molecule has 1 atom stereocenters. The number of allylic oxidation sites excluding steroid dienone is 2. The smallest absolute Gasteiger partial charge is 0.378 e. The molecule has 1 unspecified atom stereocenters. The number of nitrogens with zero attached hydrogens (tertiary/aromatic N) is 3. The zero-order valence-electron chi connectivity index (χ0n) is 17.4. The van der Waals surface area contributed by atoms with Crippen LogP contribution in [-0.2, 0) is 16.5 Å². The first kappa shape index (κ1) is 20.6. The van der Waals surface area contributed by atoms with Crippen molar-refractivity contribution in [3.05, 3.63) is 72.0 Å². The van der Waals surface area contributed by atoms with Gasteiger partial charge in [0.1, 0.15) is 11.4 Å². The van der Waals surface area contributed by atoms with Gasteiger partial charge in [0.15, 0.2) is 0 Å². The molecule has 32 heavy (non-hydrogen) atoms. The van der Waals surface area contributed by atoms with Crippen molar-refractivity contribution in [3.63, 3.8) is 0 Å². The molecule has 1 saturated heterocycles. The van der Waals surface area contributed by atoms with Gasteiger partial charge in [-0.05, 0) is 37.3 Å². The number of hydrogen-bond acceptors (Lipinski definition) is 5. The van der Waals surface area contributed by atoms with E-state index in [2.05, 4.69) is 26.3 Å². The number of H-pyrrole nitrogens is 1. The summed E-state index contributed by atoms with van der Waals surface area (Å²) in [6.07, 6.45) is 1.90. The number of anilines is 1. The van der Waals surface area contributed by atoms with Crippen LogP contribution >= 0.6 is 0 Å². The molecule has 3 aromatic rings. The number of hydrogen-bond donors (Lipinski definition) is 2. The number of rotatable bonds is 3. The van der Waals surface area contributed by atoms with E-state index < -0.39 is 17.3 Å². The Morgan fingerprint density at radius 3 is 2.69 bits per heavy atom. The van der Waals surface area contributed by atoms with E-state index in [1.165, 1.54) is 12.3 Å².